The molecule has 1 aromatic heterocycles. The Bertz CT molecular complexity index is 829. The van der Waals surface area contributed by atoms with Crippen LogP contribution in [0.1, 0.15) is 24.3 Å². The molecule has 2 heterocycles. The molecule has 1 atom stereocenters. The van der Waals surface area contributed by atoms with E-state index in [1.165, 1.54) is 18.3 Å². The maximum atomic E-state index is 12.4. The molecule has 0 spiro atoms. The Morgan fingerprint density at radius 3 is 2.83 bits per heavy atom. The van der Waals surface area contributed by atoms with Gasteiger partial charge in [0.2, 0.25) is 15.9 Å². The summed E-state index contributed by atoms with van der Waals surface area (Å²) < 4.78 is 27.5. The van der Waals surface area contributed by atoms with Gasteiger partial charge in [0.15, 0.2) is 0 Å². The molecule has 0 saturated heterocycles. The minimum absolute atomic E-state index is 0.0253. The van der Waals surface area contributed by atoms with Gasteiger partial charge in [0.05, 0.1) is 4.90 Å². The Morgan fingerprint density at radius 1 is 1.39 bits per heavy atom. The first-order chi connectivity index (χ1) is 10.9. The largest absolute Gasteiger partial charge is 0.309 e. The molecule has 1 aliphatic rings. The van der Waals surface area contributed by atoms with E-state index in [-0.39, 0.29) is 23.4 Å². The predicted octanol–water partition coefficient (Wildman–Crippen LogP) is 2.52. The molecule has 23 heavy (non-hydrogen) atoms. The van der Waals surface area contributed by atoms with Crippen LogP contribution in [0.5, 0.6) is 0 Å². The minimum Gasteiger partial charge on any atom is -0.309 e. The summed E-state index contributed by atoms with van der Waals surface area (Å²) in [7, 11) is -3.56. The molecule has 7 heteroatoms. The maximum absolute atomic E-state index is 12.4. The lowest BCUT2D eigenvalue weighted by molar-refractivity contribution is -0.116. The van der Waals surface area contributed by atoms with Crippen LogP contribution in [0.15, 0.2) is 40.6 Å². The summed E-state index contributed by atoms with van der Waals surface area (Å²) in [6, 6.07) is 8.79. The zero-order valence-electron chi connectivity index (χ0n) is 12.9. The first kappa shape index (κ1) is 16.2. The quantitative estimate of drug-likeness (QED) is 0.921. The van der Waals surface area contributed by atoms with Crippen molar-refractivity contribution in [3.05, 3.63) is 46.2 Å². The van der Waals surface area contributed by atoms with Crippen LogP contribution >= 0.6 is 11.3 Å². The van der Waals surface area contributed by atoms with Crippen molar-refractivity contribution in [3.63, 3.8) is 0 Å². The number of nitrogens with one attached hydrogen (secondary N) is 1. The third kappa shape index (κ3) is 3.17. The van der Waals surface area contributed by atoms with Gasteiger partial charge in [-0.15, -0.1) is 11.3 Å². The first-order valence-corrected chi connectivity index (χ1v) is 9.69. The van der Waals surface area contributed by atoms with Gasteiger partial charge < -0.3 is 4.90 Å². The van der Waals surface area contributed by atoms with Crippen molar-refractivity contribution < 1.29 is 13.2 Å². The van der Waals surface area contributed by atoms with E-state index in [2.05, 4.69) is 4.72 Å². The van der Waals surface area contributed by atoms with Crippen LogP contribution in [0.3, 0.4) is 0 Å². The topological polar surface area (TPSA) is 66.5 Å². The van der Waals surface area contributed by atoms with E-state index in [1.54, 1.807) is 23.1 Å². The monoisotopic (exact) mass is 350 g/mol. The second-order valence-electron chi connectivity index (χ2n) is 5.64. The van der Waals surface area contributed by atoms with Crippen molar-refractivity contribution in [2.75, 3.05) is 4.90 Å². The van der Waals surface area contributed by atoms with Crippen molar-refractivity contribution in [1.29, 1.82) is 0 Å². The molecule has 0 saturated carbocycles. The minimum atomic E-state index is -3.56. The number of hydrogen-bond donors (Lipinski definition) is 1. The van der Waals surface area contributed by atoms with Gasteiger partial charge in [0.1, 0.15) is 0 Å². The van der Waals surface area contributed by atoms with E-state index in [0.717, 1.165) is 16.1 Å². The number of anilines is 1. The molecule has 0 aliphatic carbocycles. The van der Waals surface area contributed by atoms with Crippen LogP contribution < -0.4 is 9.62 Å². The molecule has 0 bridgehead atoms. The Labute approximate surface area is 140 Å². The van der Waals surface area contributed by atoms with Gasteiger partial charge in [-0.2, -0.15) is 0 Å². The molecule has 0 radical (unpaired) electrons. The molecule has 1 amide bonds. The van der Waals surface area contributed by atoms with Gasteiger partial charge in [-0.1, -0.05) is 6.07 Å². The van der Waals surface area contributed by atoms with E-state index >= 15 is 0 Å². The highest BCUT2D eigenvalue weighted by Gasteiger charge is 2.30. The van der Waals surface area contributed by atoms with Gasteiger partial charge in [-0.3, -0.25) is 4.79 Å². The highest BCUT2D eigenvalue weighted by molar-refractivity contribution is 7.89. The number of amides is 1. The predicted molar refractivity (Wildman–Crippen MR) is 91.1 cm³/mol. The number of rotatable bonds is 4. The van der Waals surface area contributed by atoms with Crippen molar-refractivity contribution in [2.24, 2.45) is 0 Å². The summed E-state index contributed by atoms with van der Waals surface area (Å²) in [6.07, 6.45) is 0.670. The number of carbonyl (C=O) groups excluding carboxylic acids is 1. The van der Waals surface area contributed by atoms with Crippen LogP contribution in [0.4, 0.5) is 5.69 Å². The SMILES string of the molecule is CC(=O)N1c2ccc(S(=O)(=O)NCc3cccs3)cc2C[C@@H]1C. The lowest BCUT2D eigenvalue weighted by Crippen LogP contribution is -2.33. The van der Waals surface area contributed by atoms with E-state index in [9.17, 15) is 13.2 Å². The fourth-order valence-corrected chi connectivity index (χ4v) is 4.71. The Hall–Kier alpha value is -1.70. The second-order valence-corrected chi connectivity index (χ2v) is 8.44. The molecule has 0 unspecified atom stereocenters. The highest BCUT2D eigenvalue weighted by atomic mass is 32.2. The summed E-state index contributed by atoms with van der Waals surface area (Å²) in [5.74, 6) is -0.0253. The number of nitrogens with zero attached hydrogens (tertiary/aromatic N) is 1. The molecule has 5 nitrogen and oxygen atoms in total. The van der Waals surface area contributed by atoms with Crippen molar-refractivity contribution in [2.45, 2.75) is 37.8 Å². The molecular weight excluding hydrogens is 332 g/mol. The first-order valence-electron chi connectivity index (χ1n) is 7.33. The lowest BCUT2D eigenvalue weighted by Gasteiger charge is -2.20. The van der Waals surface area contributed by atoms with E-state index < -0.39 is 10.0 Å². The number of fused-ring (bicyclic) bond motifs is 1. The van der Waals surface area contributed by atoms with Crippen molar-refractivity contribution >= 4 is 33.0 Å². The second kappa shape index (κ2) is 6.07. The van der Waals surface area contributed by atoms with E-state index in [4.69, 9.17) is 0 Å². The molecular formula is C16H18N2O3S2. The number of thiophene rings is 1. The molecule has 1 aliphatic heterocycles. The van der Waals surface area contributed by atoms with Crippen LogP contribution in [0.2, 0.25) is 0 Å². The Kier molecular flexibility index (Phi) is 4.27. The summed E-state index contributed by atoms with van der Waals surface area (Å²) in [5.41, 5.74) is 1.70. The van der Waals surface area contributed by atoms with Gasteiger partial charge in [-0.25, -0.2) is 13.1 Å². The van der Waals surface area contributed by atoms with Crippen LogP contribution in [-0.4, -0.2) is 20.4 Å². The number of benzene rings is 1. The van der Waals surface area contributed by atoms with Crippen LogP contribution in [0, 0.1) is 0 Å². The lowest BCUT2D eigenvalue weighted by atomic mass is 10.1. The normalized spacial score (nSPS) is 17.3. The van der Waals surface area contributed by atoms with E-state index in [1.807, 2.05) is 24.4 Å². The zero-order valence-corrected chi connectivity index (χ0v) is 14.6. The fourth-order valence-electron chi connectivity index (χ4n) is 2.92. The Morgan fingerprint density at radius 2 is 2.17 bits per heavy atom. The van der Waals surface area contributed by atoms with Crippen molar-refractivity contribution in [3.8, 4) is 0 Å². The van der Waals surface area contributed by atoms with Gasteiger partial charge in [-0.05, 0) is 48.6 Å². The third-order valence-corrected chi connectivity index (χ3v) is 6.21. The average molecular weight is 350 g/mol. The van der Waals surface area contributed by atoms with Gasteiger partial charge in [0, 0.05) is 30.1 Å². The maximum Gasteiger partial charge on any atom is 0.240 e. The molecule has 122 valence electrons. The molecule has 1 N–H and O–H groups in total. The molecule has 0 fully saturated rings. The summed E-state index contributed by atoms with van der Waals surface area (Å²) in [5, 5.41) is 1.91. The standard InChI is InChI=1S/C16H18N2O3S2/c1-11-8-13-9-15(5-6-16(13)18(11)12(2)19)23(20,21)17-10-14-4-3-7-22-14/h3-7,9,11,17H,8,10H2,1-2H3/t11-/m0/s1. The van der Waals surface area contributed by atoms with Crippen LogP contribution in [0.25, 0.3) is 0 Å². The molecule has 3 rings (SSSR count). The molecule has 1 aromatic carbocycles. The summed E-state index contributed by atoms with van der Waals surface area (Å²) >= 11 is 1.51. The average Bonchev–Trinajstić information content (AvgIpc) is 3.10. The smallest absolute Gasteiger partial charge is 0.240 e. The fraction of sp³-hybridized carbons (Fsp3) is 0.312. The zero-order chi connectivity index (χ0) is 16.6. The third-order valence-electron chi connectivity index (χ3n) is 3.93. The summed E-state index contributed by atoms with van der Waals surface area (Å²) in [6.45, 7) is 3.77. The Balaban J connectivity index is 1.84. The number of carbonyl (C=O) groups is 1. The summed E-state index contributed by atoms with van der Waals surface area (Å²) in [4.78, 5) is 14.6. The van der Waals surface area contributed by atoms with E-state index in [0.29, 0.717) is 6.42 Å². The highest BCUT2D eigenvalue weighted by Crippen LogP contribution is 2.33. The van der Waals surface area contributed by atoms with Gasteiger partial charge in [0.25, 0.3) is 0 Å². The molecule has 2 aromatic rings. The number of hydrogen-bond acceptors (Lipinski definition) is 4. The van der Waals surface area contributed by atoms with Crippen molar-refractivity contribution in [1.82, 2.24) is 4.72 Å². The van der Waals surface area contributed by atoms with Gasteiger partial charge >= 0.3 is 0 Å². The van der Waals surface area contributed by atoms with Crippen LogP contribution in [-0.2, 0) is 27.8 Å². The number of sulfonamides is 1.